The Morgan fingerprint density at radius 3 is 2.59 bits per heavy atom. The van der Waals surface area contributed by atoms with Gasteiger partial charge < -0.3 is 4.79 Å². The average molecular weight is 312 g/mol. The lowest BCUT2D eigenvalue weighted by Crippen LogP contribution is -2.02. The molecule has 0 saturated heterocycles. The van der Waals surface area contributed by atoms with Crippen molar-refractivity contribution in [1.29, 1.82) is 0 Å². The average Bonchev–Trinajstić information content (AvgIpc) is 2.33. The van der Waals surface area contributed by atoms with Gasteiger partial charge in [0.15, 0.2) is 0 Å². The van der Waals surface area contributed by atoms with Crippen LogP contribution in [0.4, 0.5) is 0 Å². The fourth-order valence-electron chi connectivity index (χ4n) is 1.49. The van der Waals surface area contributed by atoms with Crippen LogP contribution >= 0.6 is 27.5 Å². The van der Waals surface area contributed by atoms with Gasteiger partial charge in [-0.05, 0) is 39.2 Å². The number of allylic oxidation sites excluding steroid dienone is 4. The van der Waals surface area contributed by atoms with Crippen molar-refractivity contribution >= 4 is 33.8 Å². The predicted molar refractivity (Wildman–Crippen MR) is 76.4 cm³/mol. The highest BCUT2D eigenvalue weighted by molar-refractivity contribution is 9.10. The summed E-state index contributed by atoms with van der Waals surface area (Å²) in [7, 11) is 0. The number of aldehydes is 1. The molecule has 0 aliphatic rings. The SMILES string of the molecule is C=C/C=C(\C=C)C(C=O)c1ccc(Cl)c(Br)c1. The van der Waals surface area contributed by atoms with Crippen molar-refractivity contribution in [3.63, 3.8) is 0 Å². The number of carbonyl (C=O) groups is 1. The van der Waals surface area contributed by atoms with Crippen LogP contribution in [0.5, 0.6) is 0 Å². The second-order valence-electron chi connectivity index (χ2n) is 3.39. The minimum Gasteiger partial charge on any atom is -0.302 e. The highest BCUT2D eigenvalue weighted by Gasteiger charge is 2.14. The molecular formula is C14H12BrClO. The van der Waals surface area contributed by atoms with E-state index in [2.05, 4.69) is 29.1 Å². The van der Waals surface area contributed by atoms with E-state index in [1.807, 2.05) is 12.1 Å². The molecule has 1 aromatic rings. The lowest BCUT2D eigenvalue weighted by Gasteiger charge is -2.12. The molecule has 1 unspecified atom stereocenters. The molecule has 0 amide bonds. The van der Waals surface area contributed by atoms with Gasteiger partial charge in [0.25, 0.3) is 0 Å². The molecule has 0 radical (unpaired) electrons. The molecule has 0 bridgehead atoms. The number of hydrogen-bond donors (Lipinski definition) is 0. The summed E-state index contributed by atoms with van der Waals surface area (Å²) in [6.45, 7) is 7.32. The lowest BCUT2D eigenvalue weighted by atomic mass is 9.92. The summed E-state index contributed by atoms with van der Waals surface area (Å²) in [6, 6.07) is 5.42. The fourth-order valence-corrected chi connectivity index (χ4v) is 2.00. The Balaban J connectivity index is 3.21. The third-order valence-corrected chi connectivity index (χ3v) is 3.56. The molecule has 0 fully saturated rings. The van der Waals surface area contributed by atoms with Crippen molar-refractivity contribution < 1.29 is 4.79 Å². The summed E-state index contributed by atoms with van der Waals surface area (Å²) in [5.74, 6) is -0.348. The molecule has 0 aliphatic carbocycles. The summed E-state index contributed by atoms with van der Waals surface area (Å²) >= 11 is 9.26. The fraction of sp³-hybridized carbons (Fsp3) is 0.0714. The van der Waals surface area contributed by atoms with E-state index in [0.717, 1.165) is 21.9 Å². The number of benzene rings is 1. The topological polar surface area (TPSA) is 17.1 Å². The van der Waals surface area contributed by atoms with E-state index < -0.39 is 0 Å². The molecule has 0 aliphatic heterocycles. The second kappa shape index (κ2) is 6.58. The van der Waals surface area contributed by atoms with Crippen molar-refractivity contribution in [3.8, 4) is 0 Å². The molecule has 0 aromatic heterocycles. The minimum atomic E-state index is -0.348. The minimum absolute atomic E-state index is 0.348. The summed E-state index contributed by atoms with van der Waals surface area (Å²) < 4.78 is 0.769. The van der Waals surface area contributed by atoms with Gasteiger partial charge in [0.05, 0.1) is 10.9 Å². The Labute approximate surface area is 115 Å². The van der Waals surface area contributed by atoms with Crippen LogP contribution in [0.3, 0.4) is 0 Å². The van der Waals surface area contributed by atoms with Gasteiger partial charge in [-0.1, -0.05) is 49.1 Å². The highest BCUT2D eigenvalue weighted by atomic mass is 79.9. The highest BCUT2D eigenvalue weighted by Crippen LogP contribution is 2.29. The third-order valence-electron chi connectivity index (χ3n) is 2.34. The van der Waals surface area contributed by atoms with Crippen molar-refractivity contribution in [2.45, 2.75) is 5.92 Å². The van der Waals surface area contributed by atoms with Crippen LogP contribution in [0.2, 0.25) is 5.02 Å². The van der Waals surface area contributed by atoms with Gasteiger partial charge in [-0.3, -0.25) is 0 Å². The third kappa shape index (κ3) is 3.42. The molecule has 1 nitrogen and oxygen atoms in total. The first-order valence-corrected chi connectivity index (χ1v) is 6.16. The number of halogens is 2. The van der Waals surface area contributed by atoms with Crippen LogP contribution in [-0.4, -0.2) is 6.29 Å². The Bertz CT molecular complexity index is 477. The van der Waals surface area contributed by atoms with Crippen molar-refractivity contribution in [2.24, 2.45) is 0 Å². The molecular weight excluding hydrogens is 300 g/mol. The number of carbonyl (C=O) groups excluding carboxylic acids is 1. The smallest absolute Gasteiger partial charge is 0.131 e. The second-order valence-corrected chi connectivity index (χ2v) is 4.66. The molecule has 0 spiro atoms. The Kier molecular flexibility index (Phi) is 5.39. The lowest BCUT2D eigenvalue weighted by molar-refractivity contribution is -0.108. The number of rotatable bonds is 5. The molecule has 3 heteroatoms. The maximum Gasteiger partial charge on any atom is 0.131 e. The zero-order chi connectivity index (χ0) is 12.8. The van der Waals surface area contributed by atoms with E-state index in [-0.39, 0.29) is 5.92 Å². The zero-order valence-corrected chi connectivity index (χ0v) is 11.5. The van der Waals surface area contributed by atoms with Gasteiger partial charge in [0.2, 0.25) is 0 Å². The van der Waals surface area contributed by atoms with E-state index in [1.54, 1.807) is 24.3 Å². The van der Waals surface area contributed by atoms with Gasteiger partial charge in [0.1, 0.15) is 6.29 Å². The monoisotopic (exact) mass is 310 g/mol. The number of hydrogen-bond acceptors (Lipinski definition) is 1. The van der Waals surface area contributed by atoms with Crippen LogP contribution in [0.25, 0.3) is 0 Å². The summed E-state index contributed by atoms with van der Waals surface area (Å²) in [5.41, 5.74) is 1.67. The molecule has 1 aromatic carbocycles. The summed E-state index contributed by atoms with van der Waals surface area (Å²) in [6.07, 6.45) is 5.95. The normalized spacial score (nSPS) is 12.9. The van der Waals surface area contributed by atoms with Crippen LogP contribution in [0, 0.1) is 0 Å². The van der Waals surface area contributed by atoms with E-state index >= 15 is 0 Å². The van der Waals surface area contributed by atoms with Crippen molar-refractivity contribution in [3.05, 3.63) is 70.2 Å². The molecule has 1 rings (SSSR count). The standard InChI is InChI=1S/C14H12BrClO/c1-3-5-10(4-2)12(9-17)11-6-7-14(16)13(15)8-11/h3-9,12H,1-2H2/b10-5+. The van der Waals surface area contributed by atoms with Crippen molar-refractivity contribution in [2.75, 3.05) is 0 Å². The molecule has 88 valence electrons. The van der Waals surface area contributed by atoms with E-state index in [1.165, 1.54) is 0 Å². The predicted octanol–water partition coefficient (Wildman–Crippen LogP) is 4.68. The van der Waals surface area contributed by atoms with Crippen LogP contribution in [-0.2, 0) is 4.79 Å². The van der Waals surface area contributed by atoms with Gasteiger partial charge >= 0.3 is 0 Å². The maximum atomic E-state index is 11.2. The summed E-state index contributed by atoms with van der Waals surface area (Å²) in [4.78, 5) is 11.2. The van der Waals surface area contributed by atoms with Crippen LogP contribution in [0.15, 0.2) is 59.6 Å². The quantitative estimate of drug-likeness (QED) is 0.570. The Morgan fingerprint density at radius 2 is 2.12 bits per heavy atom. The van der Waals surface area contributed by atoms with E-state index in [0.29, 0.717) is 5.02 Å². The van der Waals surface area contributed by atoms with Crippen LogP contribution < -0.4 is 0 Å². The van der Waals surface area contributed by atoms with Gasteiger partial charge in [-0.2, -0.15) is 0 Å². The molecule has 0 saturated carbocycles. The molecule has 0 N–H and O–H groups in total. The van der Waals surface area contributed by atoms with E-state index in [9.17, 15) is 4.79 Å². The van der Waals surface area contributed by atoms with Gasteiger partial charge in [-0.25, -0.2) is 0 Å². The molecule has 1 atom stereocenters. The summed E-state index contributed by atoms with van der Waals surface area (Å²) in [5, 5.41) is 0.617. The van der Waals surface area contributed by atoms with Crippen LogP contribution in [0.1, 0.15) is 11.5 Å². The molecule has 17 heavy (non-hydrogen) atoms. The van der Waals surface area contributed by atoms with Gasteiger partial charge in [0, 0.05) is 4.47 Å². The Morgan fingerprint density at radius 1 is 1.41 bits per heavy atom. The molecule has 0 heterocycles. The first-order valence-electron chi connectivity index (χ1n) is 4.99. The van der Waals surface area contributed by atoms with Gasteiger partial charge in [-0.15, -0.1) is 0 Å². The Hall–Kier alpha value is -1.12. The van der Waals surface area contributed by atoms with Crippen molar-refractivity contribution in [1.82, 2.24) is 0 Å². The first kappa shape index (κ1) is 13.9. The van der Waals surface area contributed by atoms with E-state index in [4.69, 9.17) is 11.6 Å². The maximum absolute atomic E-state index is 11.2. The first-order chi connectivity index (χ1) is 8.13. The largest absolute Gasteiger partial charge is 0.302 e. The zero-order valence-electron chi connectivity index (χ0n) is 9.20.